The summed E-state index contributed by atoms with van der Waals surface area (Å²) in [7, 11) is -1.78. The molecule has 0 heterocycles. The van der Waals surface area contributed by atoms with Crippen molar-refractivity contribution in [3.8, 4) is 5.75 Å². The Morgan fingerprint density at radius 2 is 1.83 bits per heavy atom. The van der Waals surface area contributed by atoms with Gasteiger partial charge in [0, 0.05) is 12.6 Å². The van der Waals surface area contributed by atoms with E-state index in [0.717, 1.165) is 11.3 Å². The molecule has 0 aliphatic heterocycles. The van der Waals surface area contributed by atoms with Gasteiger partial charge >= 0.3 is 0 Å². The summed E-state index contributed by atoms with van der Waals surface area (Å²) in [5, 5.41) is 0. The number of ether oxygens (including phenoxy) is 1. The van der Waals surface area contributed by atoms with Crippen molar-refractivity contribution in [2.24, 2.45) is 0 Å². The minimum absolute atomic E-state index is 0.108. The monoisotopic (exact) mass is 272 g/mol. The van der Waals surface area contributed by atoms with Crippen molar-refractivity contribution >= 4 is 10.2 Å². The van der Waals surface area contributed by atoms with Crippen LogP contribution in [-0.2, 0) is 16.6 Å². The fourth-order valence-electron chi connectivity index (χ4n) is 1.47. The number of nitrogens with one attached hydrogen (secondary N) is 2. The van der Waals surface area contributed by atoms with Gasteiger partial charge in [-0.05, 0) is 38.0 Å². The smallest absolute Gasteiger partial charge is 0.277 e. The zero-order valence-corrected chi connectivity index (χ0v) is 11.8. The molecule has 0 aliphatic carbocycles. The first-order chi connectivity index (χ1) is 8.43. The van der Waals surface area contributed by atoms with Gasteiger partial charge in [0.1, 0.15) is 5.75 Å². The van der Waals surface area contributed by atoms with E-state index in [1.807, 2.05) is 24.3 Å². The Balaban J connectivity index is 2.41. The Bertz CT molecular complexity index is 455. The van der Waals surface area contributed by atoms with Crippen LogP contribution in [0.3, 0.4) is 0 Å². The molecule has 1 rings (SSSR count). The second-order valence-corrected chi connectivity index (χ2v) is 5.80. The van der Waals surface area contributed by atoms with Gasteiger partial charge in [0.15, 0.2) is 0 Å². The van der Waals surface area contributed by atoms with Gasteiger partial charge in [-0.3, -0.25) is 0 Å². The first kappa shape index (κ1) is 14.9. The summed E-state index contributed by atoms with van der Waals surface area (Å²) < 4.78 is 33.0. The second-order valence-electron chi connectivity index (χ2n) is 4.27. The topological polar surface area (TPSA) is 67.4 Å². The van der Waals surface area contributed by atoms with Gasteiger partial charge in [-0.25, -0.2) is 4.72 Å². The molecule has 0 saturated heterocycles. The van der Waals surface area contributed by atoms with E-state index in [4.69, 9.17) is 4.74 Å². The molecule has 6 heteroatoms. The predicted octanol–water partition coefficient (Wildman–Crippen LogP) is 1.07. The van der Waals surface area contributed by atoms with E-state index in [0.29, 0.717) is 13.0 Å². The quantitative estimate of drug-likeness (QED) is 0.780. The van der Waals surface area contributed by atoms with Gasteiger partial charge < -0.3 is 4.74 Å². The van der Waals surface area contributed by atoms with Crippen molar-refractivity contribution in [3.05, 3.63) is 29.8 Å². The first-order valence-electron chi connectivity index (χ1n) is 5.83. The van der Waals surface area contributed by atoms with Gasteiger partial charge in [-0.1, -0.05) is 12.1 Å². The van der Waals surface area contributed by atoms with Crippen molar-refractivity contribution in [1.29, 1.82) is 0 Å². The molecule has 5 nitrogen and oxygen atoms in total. The van der Waals surface area contributed by atoms with Gasteiger partial charge in [0.25, 0.3) is 10.2 Å². The molecule has 1 aromatic rings. The van der Waals surface area contributed by atoms with Crippen LogP contribution >= 0.6 is 0 Å². The van der Waals surface area contributed by atoms with Crippen LogP contribution < -0.4 is 14.2 Å². The van der Waals surface area contributed by atoms with E-state index in [1.54, 1.807) is 21.0 Å². The summed E-state index contributed by atoms with van der Waals surface area (Å²) in [6, 6.07) is 7.45. The summed E-state index contributed by atoms with van der Waals surface area (Å²) in [5.41, 5.74) is 1.06. The first-order valence-corrected chi connectivity index (χ1v) is 7.31. The van der Waals surface area contributed by atoms with E-state index in [2.05, 4.69) is 9.44 Å². The molecule has 102 valence electrons. The molecular weight excluding hydrogens is 252 g/mol. The maximum atomic E-state index is 11.5. The van der Waals surface area contributed by atoms with Crippen LogP contribution in [0.5, 0.6) is 5.75 Å². The summed E-state index contributed by atoms with van der Waals surface area (Å²) >= 11 is 0. The number of hydrogen-bond acceptors (Lipinski definition) is 3. The van der Waals surface area contributed by atoms with Crippen LogP contribution in [0.2, 0.25) is 0 Å². The van der Waals surface area contributed by atoms with Crippen molar-refractivity contribution in [3.63, 3.8) is 0 Å². The highest BCUT2D eigenvalue weighted by molar-refractivity contribution is 7.87. The average Bonchev–Trinajstić information content (AvgIpc) is 2.28. The highest BCUT2D eigenvalue weighted by Gasteiger charge is 2.09. The van der Waals surface area contributed by atoms with Gasteiger partial charge in [-0.15, -0.1) is 0 Å². The third-order valence-corrected chi connectivity index (χ3v) is 3.62. The predicted molar refractivity (Wildman–Crippen MR) is 71.9 cm³/mol. The van der Waals surface area contributed by atoms with Crippen molar-refractivity contribution < 1.29 is 13.2 Å². The van der Waals surface area contributed by atoms with Crippen molar-refractivity contribution in [2.75, 3.05) is 13.7 Å². The minimum Gasteiger partial charge on any atom is -0.497 e. The lowest BCUT2D eigenvalue weighted by molar-refractivity contribution is 0.414. The summed E-state index contributed by atoms with van der Waals surface area (Å²) in [4.78, 5) is 0. The maximum absolute atomic E-state index is 11.5. The van der Waals surface area contributed by atoms with Gasteiger partial charge in [0.2, 0.25) is 0 Å². The highest BCUT2D eigenvalue weighted by atomic mass is 32.2. The van der Waals surface area contributed by atoms with E-state index >= 15 is 0 Å². The lowest BCUT2D eigenvalue weighted by Gasteiger charge is -2.10. The molecule has 0 spiro atoms. The molecule has 0 aliphatic rings. The molecular formula is C12H20N2O3S. The molecule has 0 unspecified atom stereocenters. The molecule has 18 heavy (non-hydrogen) atoms. The van der Waals surface area contributed by atoms with E-state index < -0.39 is 10.2 Å². The number of rotatable bonds is 7. The number of methoxy groups -OCH3 is 1. The van der Waals surface area contributed by atoms with Crippen molar-refractivity contribution in [1.82, 2.24) is 9.44 Å². The van der Waals surface area contributed by atoms with Gasteiger partial charge in [0.05, 0.1) is 7.11 Å². The largest absolute Gasteiger partial charge is 0.497 e. The molecule has 0 radical (unpaired) electrons. The Hall–Kier alpha value is -1.11. The summed E-state index contributed by atoms with van der Waals surface area (Å²) in [6.07, 6.45) is 0.642. The maximum Gasteiger partial charge on any atom is 0.277 e. The number of benzene rings is 1. The fourth-order valence-corrected chi connectivity index (χ4v) is 2.55. The summed E-state index contributed by atoms with van der Waals surface area (Å²) in [6.45, 7) is 3.93. The third kappa shape index (κ3) is 5.48. The van der Waals surface area contributed by atoms with Gasteiger partial charge in [-0.2, -0.15) is 13.1 Å². The summed E-state index contributed by atoms with van der Waals surface area (Å²) in [5.74, 6) is 0.792. The Morgan fingerprint density at radius 1 is 1.22 bits per heavy atom. The SMILES string of the molecule is COc1ccc(CCNS(=O)(=O)NC(C)C)cc1. The lowest BCUT2D eigenvalue weighted by Crippen LogP contribution is -2.41. The Labute approximate surface area is 109 Å². The Morgan fingerprint density at radius 3 is 2.33 bits per heavy atom. The van der Waals surface area contributed by atoms with Crippen LogP contribution in [0.4, 0.5) is 0 Å². The fraction of sp³-hybridized carbons (Fsp3) is 0.500. The zero-order valence-electron chi connectivity index (χ0n) is 10.9. The highest BCUT2D eigenvalue weighted by Crippen LogP contribution is 2.11. The molecule has 0 amide bonds. The molecule has 0 bridgehead atoms. The average molecular weight is 272 g/mol. The van der Waals surface area contributed by atoms with Crippen LogP contribution in [0.1, 0.15) is 19.4 Å². The molecule has 0 aromatic heterocycles. The van der Waals surface area contributed by atoms with Crippen molar-refractivity contribution in [2.45, 2.75) is 26.3 Å². The molecule has 1 aromatic carbocycles. The molecule has 0 saturated carbocycles. The van der Waals surface area contributed by atoms with Crippen LogP contribution in [0.25, 0.3) is 0 Å². The number of hydrogen-bond donors (Lipinski definition) is 2. The van der Waals surface area contributed by atoms with Crippen LogP contribution in [0.15, 0.2) is 24.3 Å². The third-order valence-electron chi connectivity index (χ3n) is 2.26. The lowest BCUT2D eigenvalue weighted by atomic mass is 10.1. The zero-order chi connectivity index (χ0) is 13.6. The Kier molecular flexibility index (Phi) is 5.58. The second kappa shape index (κ2) is 6.72. The molecule has 2 N–H and O–H groups in total. The standard InChI is InChI=1S/C12H20N2O3S/c1-10(2)14-18(15,16)13-9-8-11-4-6-12(17-3)7-5-11/h4-7,10,13-14H,8-9H2,1-3H3. The van der Waals surface area contributed by atoms with E-state index in [9.17, 15) is 8.42 Å². The van der Waals surface area contributed by atoms with Crippen LogP contribution in [-0.4, -0.2) is 28.1 Å². The van der Waals surface area contributed by atoms with E-state index in [1.165, 1.54) is 0 Å². The molecule has 0 atom stereocenters. The van der Waals surface area contributed by atoms with E-state index in [-0.39, 0.29) is 6.04 Å². The van der Waals surface area contributed by atoms with Crippen LogP contribution in [0, 0.1) is 0 Å². The normalized spacial score (nSPS) is 11.8. The molecule has 0 fully saturated rings. The minimum atomic E-state index is -3.39.